The summed E-state index contributed by atoms with van der Waals surface area (Å²) in [6.07, 6.45) is 3.27. The average Bonchev–Trinajstić information content (AvgIpc) is 2.67. The molecule has 0 aliphatic carbocycles. The van der Waals surface area contributed by atoms with Gasteiger partial charge in [0.25, 0.3) is 5.22 Å². The molecule has 0 aliphatic rings. The smallest absolute Gasteiger partial charge is 0.262 e. The van der Waals surface area contributed by atoms with Crippen LogP contribution in [0.4, 0.5) is 0 Å². The SMILES string of the molecule is Cc1coc(Sc2ncc(CO)cc2C)n1. The van der Waals surface area contributed by atoms with Gasteiger partial charge < -0.3 is 9.52 Å². The highest BCUT2D eigenvalue weighted by Crippen LogP contribution is 2.27. The summed E-state index contributed by atoms with van der Waals surface area (Å²) >= 11 is 1.38. The standard InChI is InChI=1S/C11H12N2O2S/c1-7-3-9(5-14)4-12-10(7)16-11-13-8(2)6-15-11/h3-4,6,14H,5H2,1-2H3. The highest BCUT2D eigenvalue weighted by molar-refractivity contribution is 7.99. The van der Waals surface area contributed by atoms with Gasteiger partial charge in [-0.15, -0.1) is 0 Å². The summed E-state index contributed by atoms with van der Waals surface area (Å²) < 4.78 is 5.24. The van der Waals surface area contributed by atoms with E-state index in [-0.39, 0.29) is 6.61 Å². The van der Waals surface area contributed by atoms with Crippen molar-refractivity contribution in [2.24, 2.45) is 0 Å². The van der Waals surface area contributed by atoms with Crippen molar-refractivity contribution in [1.82, 2.24) is 9.97 Å². The molecule has 2 rings (SSSR count). The molecule has 2 aromatic rings. The Balaban J connectivity index is 2.21. The van der Waals surface area contributed by atoms with Gasteiger partial charge in [-0.3, -0.25) is 0 Å². The number of rotatable bonds is 3. The minimum atomic E-state index is 0.0108. The van der Waals surface area contributed by atoms with Crippen molar-refractivity contribution in [1.29, 1.82) is 0 Å². The highest BCUT2D eigenvalue weighted by Gasteiger charge is 2.08. The quantitative estimate of drug-likeness (QED) is 0.886. The first kappa shape index (κ1) is 11.2. The van der Waals surface area contributed by atoms with Crippen molar-refractivity contribution in [2.45, 2.75) is 30.7 Å². The number of hydrogen-bond donors (Lipinski definition) is 1. The van der Waals surface area contributed by atoms with Gasteiger partial charge in [-0.2, -0.15) is 0 Å². The second-order valence-electron chi connectivity index (χ2n) is 3.48. The summed E-state index contributed by atoms with van der Waals surface area (Å²) in [6.45, 7) is 3.84. The van der Waals surface area contributed by atoms with Crippen LogP contribution in [-0.2, 0) is 6.61 Å². The molecular formula is C11H12N2O2S. The van der Waals surface area contributed by atoms with Gasteiger partial charge in [0.15, 0.2) is 0 Å². The van der Waals surface area contributed by atoms with Crippen molar-refractivity contribution in [3.05, 3.63) is 35.3 Å². The van der Waals surface area contributed by atoms with Gasteiger partial charge in [0.05, 0.1) is 12.3 Å². The molecule has 0 aliphatic heterocycles. The monoisotopic (exact) mass is 236 g/mol. The Hall–Kier alpha value is -1.33. The minimum absolute atomic E-state index is 0.0108. The van der Waals surface area contributed by atoms with E-state index in [1.807, 2.05) is 19.9 Å². The molecule has 0 bridgehead atoms. The molecule has 84 valence electrons. The molecule has 0 saturated heterocycles. The zero-order valence-electron chi connectivity index (χ0n) is 9.10. The molecule has 1 N–H and O–H groups in total. The van der Waals surface area contributed by atoms with Crippen molar-refractivity contribution in [3.63, 3.8) is 0 Å². The molecule has 4 nitrogen and oxygen atoms in total. The number of oxazole rings is 1. The molecule has 16 heavy (non-hydrogen) atoms. The lowest BCUT2D eigenvalue weighted by molar-refractivity contribution is 0.281. The molecule has 2 aromatic heterocycles. The zero-order valence-corrected chi connectivity index (χ0v) is 9.91. The van der Waals surface area contributed by atoms with Gasteiger partial charge in [-0.1, -0.05) is 0 Å². The van der Waals surface area contributed by atoms with Crippen LogP contribution in [0.1, 0.15) is 16.8 Å². The second kappa shape index (κ2) is 4.67. The molecule has 0 radical (unpaired) electrons. The Kier molecular flexibility index (Phi) is 3.26. The fraction of sp³-hybridized carbons (Fsp3) is 0.273. The number of aliphatic hydroxyl groups is 1. The van der Waals surface area contributed by atoms with Gasteiger partial charge >= 0.3 is 0 Å². The minimum Gasteiger partial charge on any atom is -0.439 e. The summed E-state index contributed by atoms with van der Waals surface area (Å²) in [5.41, 5.74) is 2.67. The summed E-state index contributed by atoms with van der Waals surface area (Å²) in [6, 6.07) is 1.91. The van der Waals surface area contributed by atoms with E-state index in [1.165, 1.54) is 11.8 Å². The van der Waals surface area contributed by atoms with Gasteiger partial charge in [0.2, 0.25) is 0 Å². The Morgan fingerprint density at radius 2 is 2.25 bits per heavy atom. The van der Waals surface area contributed by atoms with Crippen LogP contribution in [0.15, 0.2) is 33.2 Å². The Morgan fingerprint density at radius 1 is 1.44 bits per heavy atom. The highest BCUT2D eigenvalue weighted by atomic mass is 32.2. The van der Waals surface area contributed by atoms with Crippen LogP contribution in [0.5, 0.6) is 0 Å². The van der Waals surface area contributed by atoms with Crippen LogP contribution in [0.2, 0.25) is 0 Å². The van der Waals surface area contributed by atoms with Gasteiger partial charge in [0, 0.05) is 6.20 Å². The Morgan fingerprint density at radius 3 is 2.81 bits per heavy atom. The van der Waals surface area contributed by atoms with Gasteiger partial charge in [-0.05, 0) is 42.8 Å². The normalized spacial score (nSPS) is 10.7. The van der Waals surface area contributed by atoms with E-state index < -0.39 is 0 Å². The lowest BCUT2D eigenvalue weighted by Crippen LogP contribution is -1.90. The van der Waals surface area contributed by atoms with E-state index in [1.54, 1.807) is 12.5 Å². The maximum Gasteiger partial charge on any atom is 0.262 e. The average molecular weight is 236 g/mol. The fourth-order valence-corrected chi connectivity index (χ4v) is 2.05. The number of aliphatic hydroxyl groups excluding tert-OH is 1. The predicted molar refractivity (Wildman–Crippen MR) is 60.3 cm³/mol. The number of hydrogen-bond acceptors (Lipinski definition) is 5. The molecule has 0 aromatic carbocycles. The number of aromatic nitrogens is 2. The predicted octanol–water partition coefficient (Wildman–Crippen LogP) is 2.33. The first-order valence-electron chi connectivity index (χ1n) is 4.85. The number of nitrogens with zero attached hydrogens (tertiary/aromatic N) is 2. The van der Waals surface area contributed by atoms with Crippen molar-refractivity contribution in [2.75, 3.05) is 0 Å². The molecule has 2 heterocycles. The summed E-state index contributed by atoms with van der Waals surface area (Å²) in [5, 5.41) is 10.4. The molecular weight excluding hydrogens is 224 g/mol. The van der Waals surface area contributed by atoms with Gasteiger partial charge in [-0.25, -0.2) is 9.97 Å². The first-order valence-corrected chi connectivity index (χ1v) is 5.67. The summed E-state index contributed by atoms with van der Waals surface area (Å²) in [5.74, 6) is 0. The topological polar surface area (TPSA) is 59.2 Å². The second-order valence-corrected chi connectivity index (χ2v) is 4.42. The van der Waals surface area contributed by atoms with Crippen LogP contribution < -0.4 is 0 Å². The molecule has 0 saturated carbocycles. The van der Waals surface area contributed by atoms with Crippen LogP contribution in [0.25, 0.3) is 0 Å². The maximum atomic E-state index is 8.97. The molecule has 0 spiro atoms. The molecule has 0 fully saturated rings. The summed E-state index contributed by atoms with van der Waals surface area (Å²) in [4.78, 5) is 8.45. The van der Waals surface area contributed by atoms with E-state index in [2.05, 4.69) is 9.97 Å². The lowest BCUT2D eigenvalue weighted by Gasteiger charge is -2.03. The van der Waals surface area contributed by atoms with Crippen molar-refractivity contribution < 1.29 is 9.52 Å². The van der Waals surface area contributed by atoms with Crippen molar-refractivity contribution >= 4 is 11.8 Å². The first-order chi connectivity index (χ1) is 7.69. The van der Waals surface area contributed by atoms with Crippen LogP contribution in [-0.4, -0.2) is 15.1 Å². The third kappa shape index (κ3) is 2.43. The molecule has 5 heteroatoms. The molecule has 0 amide bonds. The number of pyridine rings is 1. The number of aryl methyl sites for hydroxylation is 2. The largest absolute Gasteiger partial charge is 0.439 e. The van der Waals surface area contributed by atoms with E-state index >= 15 is 0 Å². The van der Waals surface area contributed by atoms with Crippen LogP contribution >= 0.6 is 11.8 Å². The van der Waals surface area contributed by atoms with Gasteiger partial charge in [0.1, 0.15) is 11.3 Å². The maximum absolute atomic E-state index is 8.97. The van der Waals surface area contributed by atoms with E-state index in [0.717, 1.165) is 21.8 Å². The van der Waals surface area contributed by atoms with E-state index in [4.69, 9.17) is 9.52 Å². The Labute approximate surface area is 97.7 Å². The van der Waals surface area contributed by atoms with E-state index in [9.17, 15) is 0 Å². The van der Waals surface area contributed by atoms with Crippen LogP contribution in [0, 0.1) is 13.8 Å². The third-order valence-corrected chi connectivity index (χ3v) is 3.03. The third-order valence-electron chi connectivity index (χ3n) is 2.05. The van der Waals surface area contributed by atoms with E-state index in [0.29, 0.717) is 5.22 Å². The fourth-order valence-electron chi connectivity index (χ4n) is 1.28. The van der Waals surface area contributed by atoms with Crippen molar-refractivity contribution in [3.8, 4) is 0 Å². The molecule has 0 atom stereocenters. The molecule has 0 unspecified atom stereocenters. The lowest BCUT2D eigenvalue weighted by atomic mass is 10.2. The van der Waals surface area contributed by atoms with Crippen LogP contribution in [0.3, 0.4) is 0 Å². The zero-order chi connectivity index (χ0) is 11.5. The summed E-state index contributed by atoms with van der Waals surface area (Å²) in [7, 11) is 0. The Bertz CT molecular complexity index is 496.